The first-order valence-corrected chi connectivity index (χ1v) is 7.23. The van der Waals surface area contributed by atoms with E-state index in [4.69, 9.17) is 9.84 Å². The molecule has 1 aliphatic rings. The number of carboxylic acids is 1. The third-order valence-corrected chi connectivity index (χ3v) is 3.67. The van der Waals surface area contributed by atoms with E-state index in [9.17, 15) is 18.4 Å². The van der Waals surface area contributed by atoms with Crippen LogP contribution in [0.1, 0.15) is 40.6 Å². The summed E-state index contributed by atoms with van der Waals surface area (Å²) in [7, 11) is 1.50. The zero-order valence-corrected chi connectivity index (χ0v) is 13.0. The van der Waals surface area contributed by atoms with Gasteiger partial charge in [-0.25, -0.2) is 13.6 Å². The molecule has 0 aromatic carbocycles. The van der Waals surface area contributed by atoms with Crippen molar-refractivity contribution in [3.05, 3.63) is 17.5 Å². The van der Waals surface area contributed by atoms with Crippen molar-refractivity contribution in [1.82, 2.24) is 14.7 Å². The van der Waals surface area contributed by atoms with Crippen LogP contribution in [0.3, 0.4) is 0 Å². The first-order chi connectivity index (χ1) is 10.7. The molecule has 1 N–H and O–H groups in total. The summed E-state index contributed by atoms with van der Waals surface area (Å²) in [6.45, 7) is 0.796. The van der Waals surface area contributed by atoms with Gasteiger partial charge < -0.3 is 14.7 Å². The normalized spacial score (nSPS) is 16.6. The third kappa shape index (κ3) is 4.25. The van der Waals surface area contributed by atoms with Gasteiger partial charge >= 0.3 is 5.97 Å². The summed E-state index contributed by atoms with van der Waals surface area (Å²) in [5, 5.41) is 12.9. The predicted molar refractivity (Wildman–Crippen MR) is 75.7 cm³/mol. The number of carboxylic acid groups (broad SMARTS) is 1. The summed E-state index contributed by atoms with van der Waals surface area (Å²) in [6.07, 6.45) is 1.68. The second kappa shape index (κ2) is 6.61. The van der Waals surface area contributed by atoms with E-state index in [1.54, 1.807) is 0 Å². The van der Waals surface area contributed by atoms with Crippen molar-refractivity contribution in [2.45, 2.75) is 31.8 Å². The van der Waals surface area contributed by atoms with Crippen LogP contribution in [0.15, 0.2) is 6.20 Å². The number of piperidine rings is 1. The summed E-state index contributed by atoms with van der Waals surface area (Å²) in [6, 6.07) is 0. The van der Waals surface area contributed by atoms with Gasteiger partial charge in [-0.15, -0.1) is 0 Å². The largest absolute Gasteiger partial charge is 0.478 e. The van der Waals surface area contributed by atoms with Gasteiger partial charge in [-0.2, -0.15) is 5.10 Å². The Morgan fingerprint density at radius 3 is 2.57 bits per heavy atom. The molecule has 1 aromatic heterocycles. The number of hydrogen-bond donors (Lipinski definition) is 1. The number of aryl methyl sites for hydroxylation is 1. The fraction of sp³-hybridized carbons (Fsp3) is 0.643. The fourth-order valence-corrected chi connectivity index (χ4v) is 2.49. The maximum Gasteiger partial charge on any atom is 0.339 e. The van der Waals surface area contributed by atoms with Gasteiger partial charge in [0.15, 0.2) is 0 Å². The van der Waals surface area contributed by atoms with Crippen LogP contribution in [-0.4, -0.2) is 63.4 Å². The molecular weight excluding hydrogens is 312 g/mol. The minimum atomic E-state index is -2.88. The van der Waals surface area contributed by atoms with E-state index >= 15 is 0 Å². The Labute approximate surface area is 131 Å². The van der Waals surface area contributed by atoms with Crippen molar-refractivity contribution in [3.63, 3.8) is 0 Å². The molecule has 7 nitrogen and oxygen atoms in total. The van der Waals surface area contributed by atoms with E-state index in [2.05, 4.69) is 5.10 Å². The minimum Gasteiger partial charge on any atom is -0.478 e. The zero-order valence-electron chi connectivity index (χ0n) is 13.0. The lowest BCUT2D eigenvalue weighted by Crippen LogP contribution is -2.42. The van der Waals surface area contributed by atoms with Crippen LogP contribution in [0.5, 0.6) is 0 Å². The first kappa shape index (κ1) is 17.3. The molecule has 0 spiro atoms. The number of aromatic nitrogens is 2. The number of amides is 1. The Balaban J connectivity index is 1.97. The molecule has 0 aliphatic carbocycles. The molecule has 0 bridgehead atoms. The van der Waals surface area contributed by atoms with Crippen LogP contribution in [0, 0.1) is 0 Å². The van der Waals surface area contributed by atoms with Crippen molar-refractivity contribution in [3.8, 4) is 0 Å². The van der Waals surface area contributed by atoms with Gasteiger partial charge in [0.25, 0.3) is 11.8 Å². The summed E-state index contributed by atoms with van der Waals surface area (Å²) in [5.74, 6) is -4.52. The van der Waals surface area contributed by atoms with Crippen LogP contribution >= 0.6 is 0 Å². The number of ether oxygens (including phenoxy) is 1. The van der Waals surface area contributed by atoms with Crippen LogP contribution in [0.25, 0.3) is 0 Å². The third-order valence-electron chi connectivity index (χ3n) is 3.67. The summed E-state index contributed by atoms with van der Waals surface area (Å²) >= 11 is 0. The number of aromatic carboxylic acids is 1. The number of carbonyl (C=O) groups is 2. The molecule has 1 aliphatic heterocycles. The standard InChI is InChI=1S/C14H19F2N3O4/c1-14(15,16)8-23-9-3-5-19(6-4-9)12(20)11-10(13(21)22)7-17-18(11)2/h7,9H,3-6,8H2,1-2H3,(H,21,22). The first-order valence-electron chi connectivity index (χ1n) is 7.23. The fourth-order valence-electron chi connectivity index (χ4n) is 2.49. The number of hydrogen-bond acceptors (Lipinski definition) is 4. The van der Waals surface area contributed by atoms with Gasteiger partial charge in [0.1, 0.15) is 17.9 Å². The molecule has 1 aromatic rings. The van der Waals surface area contributed by atoms with E-state index in [0.717, 1.165) is 13.1 Å². The molecular formula is C14H19F2N3O4. The lowest BCUT2D eigenvalue weighted by Gasteiger charge is -2.32. The smallest absolute Gasteiger partial charge is 0.339 e. The van der Waals surface area contributed by atoms with Crippen molar-refractivity contribution in [2.24, 2.45) is 7.05 Å². The highest BCUT2D eigenvalue weighted by Gasteiger charge is 2.31. The lowest BCUT2D eigenvalue weighted by molar-refractivity contribution is -0.0969. The number of nitrogens with zero attached hydrogens (tertiary/aromatic N) is 3. The van der Waals surface area contributed by atoms with Crippen molar-refractivity contribution >= 4 is 11.9 Å². The molecule has 2 rings (SSSR count). The second-order valence-corrected chi connectivity index (χ2v) is 5.71. The number of likely N-dealkylation sites (tertiary alicyclic amines) is 1. The average molecular weight is 331 g/mol. The second-order valence-electron chi connectivity index (χ2n) is 5.71. The highest BCUT2D eigenvalue weighted by Crippen LogP contribution is 2.20. The molecule has 0 unspecified atom stereocenters. The van der Waals surface area contributed by atoms with Crippen molar-refractivity contribution in [2.75, 3.05) is 19.7 Å². The van der Waals surface area contributed by atoms with Crippen molar-refractivity contribution < 1.29 is 28.2 Å². The van der Waals surface area contributed by atoms with Crippen molar-refractivity contribution in [1.29, 1.82) is 0 Å². The van der Waals surface area contributed by atoms with Gasteiger partial charge in [-0.05, 0) is 12.8 Å². The lowest BCUT2D eigenvalue weighted by atomic mass is 10.1. The summed E-state index contributed by atoms with van der Waals surface area (Å²) in [4.78, 5) is 25.1. The van der Waals surface area contributed by atoms with E-state index in [1.165, 1.54) is 16.6 Å². The van der Waals surface area contributed by atoms with Crippen LogP contribution in [-0.2, 0) is 11.8 Å². The van der Waals surface area contributed by atoms with Crippen LogP contribution < -0.4 is 0 Å². The Hall–Kier alpha value is -2.03. The maximum absolute atomic E-state index is 12.8. The van der Waals surface area contributed by atoms with Gasteiger partial charge in [-0.3, -0.25) is 9.48 Å². The monoisotopic (exact) mass is 331 g/mol. The summed E-state index contributed by atoms with van der Waals surface area (Å²) < 4.78 is 31.9. The Bertz CT molecular complexity index is 589. The van der Waals surface area contributed by atoms with E-state index in [-0.39, 0.29) is 17.4 Å². The van der Waals surface area contributed by atoms with E-state index in [1.807, 2.05) is 0 Å². The number of halogens is 2. The molecule has 2 heterocycles. The molecule has 9 heteroatoms. The molecule has 128 valence electrons. The highest BCUT2D eigenvalue weighted by molar-refractivity contribution is 6.03. The molecule has 1 amide bonds. The Morgan fingerprint density at radius 1 is 1.43 bits per heavy atom. The van der Waals surface area contributed by atoms with Crippen LogP contribution in [0.2, 0.25) is 0 Å². The maximum atomic E-state index is 12.8. The SMILES string of the molecule is Cn1ncc(C(=O)O)c1C(=O)N1CCC(OCC(C)(F)F)CC1. The molecule has 0 saturated carbocycles. The van der Waals surface area contributed by atoms with Gasteiger partial charge in [0.05, 0.1) is 12.3 Å². The number of alkyl halides is 2. The molecule has 1 saturated heterocycles. The van der Waals surface area contributed by atoms with Gasteiger partial charge in [0, 0.05) is 27.1 Å². The zero-order chi connectivity index (χ0) is 17.2. The molecule has 0 atom stereocenters. The quantitative estimate of drug-likeness (QED) is 0.881. The van der Waals surface area contributed by atoms with Gasteiger partial charge in [0.2, 0.25) is 0 Å². The topological polar surface area (TPSA) is 84.7 Å². The molecule has 23 heavy (non-hydrogen) atoms. The predicted octanol–water partition coefficient (Wildman–Crippen LogP) is 1.39. The van der Waals surface area contributed by atoms with Gasteiger partial charge in [-0.1, -0.05) is 0 Å². The Morgan fingerprint density at radius 2 is 2.04 bits per heavy atom. The molecule has 0 radical (unpaired) electrons. The number of rotatable bonds is 5. The van der Waals surface area contributed by atoms with Crippen LogP contribution in [0.4, 0.5) is 8.78 Å². The molecule has 1 fully saturated rings. The summed E-state index contributed by atoms with van der Waals surface area (Å²) in [5.41, 5.74) is -0.140. The minimum absolute atomic E-state index is 0.0111. The number of carbonyl (C=O) groups excluding carboxylic acids is 1. The average Bonchev–Trinajstić information content (AvgIpc) is 2.86. The van der Waals surface area contributed by atoms with E-state index < -0.39 is 24.4 Å². The Kier molecular flexibility index (Phi) is 4.98. The highest BCUT2D eigenvalue weighted by atomic mass is 19.3. The van der Waals surface area contributed by atoms with E-state index in [0.29, 0.717) is 25.9 Å².